The molecule has 0 atom stereocenters. The second kappa shape index (κ2) is 4.88. The first-order valence-corrected chi connectivity index (χ1v) is 5.84. The molecule has 2 N–H and O–H groups in total. The van der Waals surface area contributed by atoms with Gasteiger partial charge in [0.15, 0.2) is 5.69 Å². The number of hydrogen-bond donors (Lipinski definition) is 1. The summed E-state index contributed by atoms with van der Waals surface area (Å²) in [4.78, 5) is 14.1. The molecule has 0 fully saturated rings. The molecule has 0 radical (unpaired) electrons. The van der Waals surface area contributed by atoms with E-state index in [4.69, 9.17) is 10.5 Å². The van der Waals surface area contributed by atoms with Crippen molar-refractivity contribution in [3.63, 3.8) is 0 Å². The van der Waals surface area contributed by atoms with E-state index < -0.39 is 17.8 Å². The minimum Gasteiger partial charge on any atom is -0.431 e. The molecule has 0 spiro atoms. The largest absolute Gasteiger partial charge is 0.434 e. The Labute approximate surface area is 109 Å². The van der Waals surface area contributed by atoms with Crippen LogP contribution in [-0.2, 0) is 6.18 Å². The van der Waals surface area contributed by atoms with Gasteiger partial charge in [-0.3, -0.25) is 4.79 Å². The summed E-state index contributed by atoms with van der Waals surface area (Å²) in [5.74, 6) is -0.326. The Balaban J connectivity index is 2.13. The van der Waals surface area contributed by atoms with Gasteiger partial charge in [0, 0.05) is 10.9 Å². The van der Waals surface area contributed by atoms with Gasteiger partial charge in [-0.2, -0.15) is 18.2 Å². The van der Waals surface area contributed by atoms with Crippen LogP contribution in [0.4, 0.5) is 13.2 Å². The molecule has 0 unspecified atom stereocenters. The van der Waals surface area contributed by atoms with E-state index in [1.54, 1.807) is 0 Å². The van der Waals surface area contributed by atoms with E-state index in [1.165, 1.54) is 24.3 Å². The maximum Gasteiger partial charge on any atom is 0.434 e. The number of hydrogen-bond acceptors (Lipinski definition) is 4. The number of aromatic nitrogens is 1. The number of rotatable bonds is 3. The second-order valence-corrected chi connectivity index (χ2v) is 4.31. The van der Waals surface area contributed by atoms with Crippen LogP contribution in [-0.4, -0.2) is 10.9 Å². The third-order valence-corrected chi connectivity index (χ3v) is 2.83. The highest BCUT2D eigenvalue weighted by Gasteiger charge is 2.34. The van der Waals surface area contributed by atoms with Gasteiger partial charge in [0.25, 0.3) is 5.19 Å². The molecular weight excluding hydrogens is 281 g/mol. The highest BCUT2D eigenvalue weighted by Crippen LogP contribution is 2.34. The lowest BCUT2D eigenvalue weighted by Gasteiger charge is -2.03. The van der Waals surface area contributed by atoms with Crippen LogP contribution in [0, 0.1) is 0 Å². The minimum absolute atomic E-state index is 0.126. The van der Waals surface area contributed by atoms with Crippen molar-refractivity contribution >= 4 is 17.2 Å². The number of primary amides is 1. The Morgan fingerprint density at radius 1 is 1.26 bits per heavy atom. The monoisotopic (exact) mass is 288 g/mol. The molecule has 2 aromatic rings. The van der Waals surface area contributed by atoms with E-state index in [1.807, 2.05) is 0 Å². The number of nitrogens with zero attached hydrogens (tertiary/aromatic N) is 1. The van der Waals surface area contributed by atoms with Crippen molar-refractivity contribution in [1.82, 2.24) is 4.98 Å². The molecule has 0 saturated heterocycles. The zero-order valence-electron chi connectivity index (χ0n) is 9.27. The number of ether oxygens (including phenoxy) is 1. The number of thiazole rings is 1. The van der Waals surface area contributed by atoms with Crippen LogP contribution < -0.4 is 10.5 Å². The quantitative estimate of drug-likeness (QED) is 0.944. The number of halogens is 3. The highest BCUT2D eigenvalue weighted by atomic mass is 32.1. The normalized spacial score (nSPS) is 11.3. The summed E-state index contributed by atoms with van der Waals surface area (Å²) in [5.41, 5.74) is 4.33. The summed E-state index contributed by atoms with van der Waals surface area (Å²) in [6, 6.07) is 5.68. The first kappa shape index (κ1) is 13.3. The summed E-state index contributed by atoms with van der Waals surface area (Å²) >= 11 is 0.737. The van der Waals surface area contributed by atoms with Crippen molar-refractivity contribution in [2.75, 3.05) is 0 Å². The van der Waals surface area contributed by atoms with Crippen LogP contribution >= 0.6 is 11.3 Å². The SMILES string of the molecule is NC(=O)c1ccc(Oc2nc(C(F)(F)F)cs2)cc1. The maximum absolute atomic E-state index is 12.3. The zero-order chi connectivity index (χ0) is 14.0. The Morgan fingerprint density at radius 2 is 1.89 bits per heavy atom. The summed E-state index contributed by atoms with van der Waals surface area (Å²) in [6.07, 6.45) is -4.49. The number of amides is 1. The third kappa shape index (κ3) is 3.22. The summed E-state index contributed by atoms with van der Waals surface area (Å²) < 4.78 is 42.1. The molecule has 1 aromatic heterocycles. The molecule has 0 aliphatic heterocycles. The lowest BCUT2D eigenvalue weighted by molar-refractivity contribution is -0.140. The summed E-state index contributed by atoms with van der Waals surface area (Å²) in [6.45, 7) is 0. The van der Waals surface area contributed by atoms with Crippen molar-refractivity contribution in [3.8, 4) is 10.9 Å². The van der Waals surface area contributed by atoms with Crippen LogP contribution in [0.1, 0.15) is 16.1 Å². The van der Waals surface area contributed by atoms with Gasteiger partial charge >= 0.3 is 6.18 Å². The van der Waals surface area contributed by atoms with Gasteiger partial charge < -0.3 is 10.5 Å². The predicted molar refractivity (Wildman–Crippen MR) is 62.1 cm³/mol. The average molecular weight is 288 g/mol. The van der Waals surface area contributed by atoms with Gasteiger partial charge in [-0.05, 0) is 24.3 Å². The van der Waals surface area contributed by atoms with Gasteiger partial charge in [-0.25, -0.2) is 0 Å². The number of carbonyl (C=O) groups is 1. The lowest BCUT2D eigenvalue weighted by atomic mass is 10.2. The van der Waals surface area contributed by atoms with Gasteiger partial charge in [-0.1, -0.05) is 11.3 Å². The van der Waals surface area contributed by atoms with Crippen molar-refractivity contribution in [1.29, 1.82) is 0 Å². The smallest absolute Gasteiger partial charge is 0.431 e. The molecule has 100 valence electrons. The van der Waals surface area contributed by atoms with Gasteiger partial charge in [0.1, 0.15) is 5.75 Å². The van der Waals surface area contributed by atoms with Crippen molar-refractivity contribution in [3.05, 3.63) is 40.9 Å². The first-order valence-electron chi connectivity index (χ1n) is 4.97. The van der Waals surface area contributed by atoms with E-state index in [-0.39, 0.29) is 16.5 Å². The van der Waals surface area contributed by atoms with Crippen LogP contribution in [0.25, 0.3) is 0 Å². The fourth-order valence-corrected chi connectivity index (χ4v) is 1.92. The molecule has 0 saturated carbocycles. The van der Waals surface area contributed by atoms with Gasteiger partial charge in [0.2, 0.25) is 5.91 Å². The molecule has 0 bridgehead atoms. The Kier molecular flexibility index (Phi) is 3.43. The van der Waals surface area contributed by atoms with Crippen LogP contribution in [0.15, 0.2) is 29.6 Å². The molecule has 19 heavy (non-hydrogen) atoms. The molecule has 8 heteroatoms. The molecule has 1 aromatic carbocycles. The molecule has 0 aliphatic rings. The zero-order valence-corrected chi connectivity index (χ0v) is 10.1. The van der Waals surface area contributed by atoms with Crippen LogP contribution in [0.5, 0.6) is 10.9 Å². The van der Waals surface area contributed by atoms with E-state index >= 15 is 0 Å². The standard InChI is InChI=1S/C11H7F3N2O2S/c12-11(13,14)8-5-19-10(16-8)18-7-3-1-6(2-4-7)9(15)17/h1-5H,(H2,15,17). The molecule has 1 amide bonds. The second-order valence-electron chi connectivity index (χ2n) is 3.49. The van der Waals surface area contributed by atoms with E-state index in [0.29, 0.717) is 0 Å². The Morgan fingerprint density at radius 3 is 2.37 bits per heavy atom. The van der Waals surface area contributed by atoms with Crippen molar-refractivity contribution < 1.29 is 22.7 Å². The van der Waals surface area contributed by atoms with Crippen molar-refractivity contribution in [2.24, 2.45) is 5.73 Å². The van der Waals surface area contributed by atoms with E-state index in [2.05, 4.69) is 4.98 Å². The van der Waals surface area contributed by atoms with Crippen LogP contribution in [0.2, 0.25) is 0 Å². The fourth-order valence-electron chi connectivity index (χ4n) is 1.22. The molecule has 1 heterocycles. The number of carbonyl (C=O) groups excluding carboxylic acids is 1. The molecular formula is C11H7F3N2O2S. The first-order chi connectivity index (χ1) is 8.86. The Bertz CT molecular complexity index is 593. The van der Waals surface area contributed by atoms with E-state index in [0.717, 1.165) is 16.7 Å². The van der Waals surface area contributed by atoms with Gasteiger partial charge in [0.05, 0.1) is 0 Å². The molecule has 4 nitrogen and oxygen atoms in total. The highest BCUT2D eigenvalue weighted by molar-refractivity contribution is 7.11. The Hall–Kier alpha value is -2.09. The summed E-state index contributed by atoms with van der Waals surface area (Å²) in [7, 11) is 0. The predicted octanol–water partition coefficient (Wildman–Crippen LogP) is 3.05. The van der Waals surface area contributed by atoms with Gasteiger partial charge in [-0.15, -0.1) is 0 Å². The number of alkyl halides is 3. The lowest BCUT2D eigenvalue weighted by Crippen LogP contribution is -2.10. The number of benzene rings is 1. The van der Waals surface area contributed by atoms with Crippen LogP contribution in [0.3, 0.4) is 0 Å². The minimum atomic E-state index is -4.49. The molecule has 2 rings (SSSR count). The average Bonchev–Trinajstić information content (AvgIpc) is 2.78. The maximum atomic E-state index is 12.3. The topological polar surface area (TPSA) is 65.2 Å². The third-order valence-electron chi connectivity index (χ3n) is 2.12. The summed E-state index contributed by atoms with van der Waals surface area (Å²) in [5, 5.41) is 0.742. The fraction of sp³-hybridized carbons (Fsp3) is 0.0909. The molecule has 0 aliphatic carbocycles. The number of nitrogens with two attached hydrogens (primary N) is 1. The van der Waals surface area contributed by atoms with E-state index in [9.17, 15) is 18.0 Å². The van der Waals surface area contributed by atoms with Crippen molar-refractivity contribution in [2.45, 2.75) is 6.18 Å².